The predicted octanol–water partition coefficient (Wildman–Crippen LogP) is 3.44. The third-order valence-corrected chi connectivity index (χ3v) is 3.41. The Morgan fingerprint density at radius 2 is 2.21 bits per heavy atom. The van der Waals surface area contributed by atoms with E-state index >= 15 is 0 Å². The number of aryl methyl sites for hydroxylation is 2. The van der Waals surface area contributed by atoms with E-state index in [2.05, 4.69) is 5.10 Å². The summed E-state index contributed by atoms with van der Waals surface area (Å²) >= 11 is 6.13. The predicted molar refractivity (Wildman–Crippen MR) is 74.7 cm³/mol. The molecule has 0 radical (unpaired) electrons. The van der Waals surface area contributed by atoms with Crippen molar-refractivity contribution in [2.75, 3.05) is 0 Å². The fraction of sp³-hybridized carbons (Fsp3) is 0.357. The van der Waals surface area contributed by atoms with Crippen molar-refractivity contribution in [2.24, 2.45) is 5.73 Å². The Labute approximate surface area is 117 Å². The summed E-state index contributed by atoms with van der Waals surface area (Å²) in [6, 6.07) is 4.59. The Hall–Kier alpha value is -1.39. The third kappa shape index (κ3) is 2.65. The maximum Gasteiger partial charge on any atom is 0.131 e. The van der Waals surface area contributed by atoms with E-state index in [1.54, 1.807) is 36.0 Å². The van der Waals surface area contributed by atoms with Gasteiger partial charge in [-0.05, 0) is 18.9 Å². The number of halogens is 2. The molecule has 3 nitrogen and oxygen atoms in total. The van der Waals surface area contributed by atoms with Crippen molar-refractivity contribution < 1.29 is 4.39 Å². The van der Waals surface area contributed by atoms with Crippen LogP contribution in [0.3, 0.4) is 0 Å². The van der Waals surface area contributed by atoms with E-state index in [1.807, 2.05) is 6.92 Å². The van der Waals surface area contributed by atoms with Crippen molar-refractivity contribution in [1.29, 1.82) is 0 Å². The molecule has 2 N–H and O–H groups in total. The molecule has 0 amide bonds. The normalized spacial score (nSPS) is 12.7. The zero-order valence-corrected chi connectivity index (χ0v) is 11.8. The summed E-state index contributed by atoms with van der Waals surface area (Å²) in [6.45, 7) is 4.47. The number of hydrogen-bond donors (Lipinski definition) is 1. The largest absolute Gasteiger partial charge is 0.319 e. The van der Waals surface area contributed by atoms with Crippen LogP contribution < -0.4 is 5.73 Å². The molecular formula is C14H17ClFN3. The quantitative estimate of drug-likeness (QED) is 0.933. The molecule has 0 bridgehead atoms. The van der Waals surface area contributed by atoms with Crippen molar-refractivity contribution >= 4 is 11.6 Å². The van der Waals surface area contributed by atoms with Crippen LogP contribution in [0.2, 0.25) is 5.02 Å². The monoisotopic (exact) mass is 281 g/mol. The molecule has 0 saturated heterocycles. The second-order valence-electron chi connectivity index (χ2n) is 4.56. The minimum absolute atomic E-state index is 0.282. The SMILES string of the molecule is CCCn1ncc(Cl)c1C(N)c1cccc(C)c1F. The Balaban J connectivity index is 2.46. The highest BCUT2D eigenvalue weighted by Gasteiger charge is 2.21. The fourth-order valence-corrected chi connectivity index (χ4v) is 2.39. The molecule has 1 aromatic heterocycles. The molecule has 0 aliphatic rings. The van der Waals surface area contributed by atoms with Crippen LogP contribution >= 0.6 is 11.6 Å². The van der Waals surface area contributed by atoms with Crippen molar-refractivity contribution in [3.8, 4) is 0 Å². The van der Waals surface area contributed by atoms with Gasteiger partial charge >= 0.3 is 0 Å². The maximum atomic E-state index is 14.1. The highest BCUT2D eigenvalue weighted by molar-refractivity contribution is 6.31. The first-order valence-electron chi connectivity index (χ1n) is 6.28. The number of rotatable bonds is 4. The van der Waals surface area contributed by atoms with Crippen molar-refractivity contribution in [2.45, 2.75) is 32.9 Å². The summed E-state index contributed by atoms with van der Waals surface area (Å²) < 4.78 is 15.9. The molecule has 2 aromatic rings. The molecule has 1 unspecified atom stereocenters. The van der Waals surface area contributed by atoms with E-state index in [0.29, 0.717) is 28.4 Å². The third-order valence-electron chi connectivity index (χ3n) is 3.12. The molecule has 1 aromatic carbocycles. The Morgan fingerprint density at radius 1 is 1.47 bits per heavy atom. The van der Waals surface area contributed by atoms with Gasteiger partial charge in [-0.1, -0.05) is 36.7 Å². The molecule has 1 heterocycles. The molecule has 0 fully saturated rings. The molecular weight excluding hydrogens is 265 g/mol. The average molecular weight is 282 g/mol. The summed E-state index contributed by atoms with van der Waals surface area (Å²) in [6.07, 6.45) is 2.47. The van der Waals surface area contributed by atoms with Crippen molar-refractivity contribution in [3.05, 3.63) is 52.1 Å². The zero-order valence-electron chi connectivity index (χ0n) is 11.0. The first-order chi connectivity index (χ1) is 9.06. The van der Waals surface area contributed by atoms with Gasteiger partial charge in [-0.2, -0.15) is 5.10 Å². The van der Waals surface area contributed by atoms with Gasteiger partial charge < -0.3 is 5.73 Å². The Morgan fingerprint density at radius 3 is 2.89 bits per heavy atom. The summed E-state index contributed by atoms with van der Waals surface area (Å²) in [5, 5.41) is 4.66. The number of aromatic nitrogens is 2. The van der Waals surface area contributed by atoms with Gasteiger partial charge in [-0.3, -0.25) is 4.68 Å². The van der Waals surface area contributed by atoms with Crippen LogP contribution in [0.25, 0.3) is 0 Å². The lowest BCUT2D eigenvalue weighted by molar-refractivity contribution is 0.543. The lowest BCUT2D eigenvalue weighted by atomic mass is 10.0. The number of nitrogens with two attached hydrogens (primary N) is 1. The lowest BCUT2D eigenvalue weighted by Crippen LogP contribution is -2.19. The summed E-state index contributed by atoms with van der Waals surface area (Å²) in [7, 11) is 0. The highest BCUT2D eigenvalue weighted by Crippen LogP contribution is 2.29. The highest BCUT2D eigenvalue weighted by atomic mass is 35.5. The maximum absolute atomic E-state index is 14.1. The van der Waals surface area contributed by atoms with E-state index in [0.717, 1.165) is 6.42 Å². The van der Waals surface area contributed by atoms with Gasteiger partial charge in [0.05, 0.1) is 23.0 Å². The van der Waals surface area contributed by atoms with Crippen LogP contribution in [0.4, 0.5) is 4.39 Å². The topological polar surface area (TPSA) is 43.8 Å². The standard InChI is InChI=1S/C14H17ClFN3/c1-3-7-19-14(11(15)8-18-19)13(17)10-6-4-5-9(2)12(10)16/h4-6,8,13H,3,7,17H2,1-2H3. The van der Waals surface area contributed by atoms with E-state index in [4.69, 9.17) is 17.3 Å². The van der Waals surface area contributed by atoms with Gasteiger partial charge in [0.15, 0.2) is 0 Å². The molecule has 19 heavy (non-hydrogen) atoms. The molecule has 0 aliphatic carbocycles. The fourth-order valence-electron chi connectivity index (χ4n) is 2.13. The van der Waals surface area contributed by atoms with Gasteiger partial charge in [-0.15, -0.1) is 0 Å². The van der Waals surface area contributed by atoms with E-state index < -0.39 is 6.04 Å². The number of benzene rings is 1. The van der Waals surface area contributed by atoms with Gasteiger partial charge in [0.25, 0.3) is 0 Å². The van der Waals surface area contributed by atoms with Crippen LogP contribution in [0, 0.1) is 12.7 Å². The van der Waals surface area contributed by atoms with Gasteiger partial charge in [0.2, 0.25) is 0 Å². The van der Waals surface area contributed by atoms with E-state index in [-0.39, 0.29) is 5.82 Å². The van der Waals surface area contributed by atoms with Crippen LogP contribution in [0.1, 0.15) is 36.2 Å². The first kappa shape index (κ1) is 14.0. The molecule has 102 valence electrons. The summed E-state index contributed by atoms with van der Waals surface area (Å²) in [4.78, 5) is 0. The second-order valence-corrected chi connectivity index (χ2v) is 4.96. The van der Waals surface area contributed by atoms with Crippen LogP contribution in [0.5, 0.6) is 0 Å². The van der Waals surface area contributed by atoms with Crippen LogP contribution in [-0.2, 0) is 6.54 Å². The second kappa shape index (κ2) is 5.72. The van der Waals surface area contributed by atoms with Crippen molar-refractivity contribution in [1.82, 2.24) is 9.78 Å². The van der Waals surface area contributed by atoms with Gasteiger partial charge in [-0.25, -0.2) is 4.39 Å². The van der Waals surface area contributed by atoms with Crippen LogP contribution in [0.15, 0.2) is 24.4 Å². The van der Waals surface area contributed by atoms with Crippen molar-refractivity contribution in [3.63, 3.8) is 0 Å². The zero-order chi connectivity index (χ0) is 14.0. The number of nitrogens with zero attached hydrogens (tertiary/aromatic N) is 2. The first-order valence-corrected chi connectivity index (χ1v) is 6.65. The summed E-state index contributed by atoms with van der Waals surface area (Å²) in [5.74, 6) is -0.282. The van der Waals surface area contributed by atoms with E-state index in [9.17, 15) is 4.39 Å². The Kier molecular flexibility index (Phi) is 4.22. The molecule has 2 rings (SSSR count). The van der Waals surface area contributed by atoms with Gasteiger partial charge in [0.1, 0.15) is 5.82 Å². The minimum Gasteiger partial charge on any atom is -0.319 e. The van der Waals surface area contributed by atoms with Gasteiger partial charge in [0, 0.05) is 12.1 Å². The smallest absolute Gasteiger partial charge is 0.131 e. The Bertz CT molecular complexity index is 580. The van der Waals surface area contributed by atoms with E-state index in [1.165, 1.54) is 0 Å². The molecule has 0 saturated carbocycles. The molecule has 0 aliphatic heterocycles. The lowest BCUT2D eigenvalue weighted by Gasteiger charge is -2.16. The average Bonchev–Trinajstić information content (AvgIpc) is 2.74. The molecule has 5 heteroatoms. The minimum atomic E-state index is -0.610. The molecule has 1 atom stereocenters. The van der Waals surface area contributed by atoms with Crippen LogP contribution in [-0.4, -0.2) is 9.78 Å². The molecule has 0 spiro atoms. The number of hydrogen-bond acceptors (Lipinski definition) is 2. The summed E-state index contributed by atoms with van der Waals surface area (Å²) in [5.41, 5.74) is 7.86.